The first-order chi connectivity index (χ1) is 9.30. The molecule has 0 saturated carbocycles. The van der Waals surface area contributed by atoms with Crippen LogP contribution in [-0.4, -0.2) is 47.1 Å². The second-order valence-corrected chi connectivity index (χ2v) is 4.49. The van der Waals surface area contributed by atoms with Gasteiger partial charge in [0.2, 0.25) is 0 Å². The minimum atomic E-state index is 0.0675. The van der Waals surface area contributed by atoms with Gasteiger partial charge in [0, 0.05) is 18.7 Å². The average molecular weight is 266 g/mol. The Hall–Kier alpha value is -1.30. The van der Waals surface area contributed by atoms with Gasteiger partial charge in [-0.05, 0) is 25.2 Å². The summed E-state index contributed by atoms with van der Waals surface area (Å²) < 4.78 is 16.6. The van der Waals surface area contributed by atoms with Crippen LogP contribution in [0.5, 0.6) is 11.5 Å². The molecule has 5 nitrogen and oxygen atoms in total. The van der Waals surface area contributed by atoms with E-state index < -0.39 is 0 Å². The predicted molar refractivity (Wildman–Crippen MR) is 74.0 cm³/mol. The summed E-state index contributed by atoms with van der Waals surface area (Å²) in [7, 11) is 5.28. The van der Waals surface area contributed by atoms with Crippen LogP contribution in [0.1, 0.15) is 11.6 Å². The van der Waals surface area contributed by atoms with E-state index in [4.69, 9.17) is 14.2 Å². The standard InChI is InChI=1S/C14H22N2O3/c1-15-14(13-9-16-6-7-19-13)11-8-10(17-2)4-5-12(11)18-3/h4-5,8,13-16H,6-7,9H2,1-3H3. The summed E-state index contributed by atoms with van der Waals surface area (Å²) in [6, 6.07) is 5.89. The molecule has 1 aliphatic rings. The molecule has 1 heterocycles. The first kappa shape index (κ1) is 14.1. The van der Waals surface area contributed by atoms with Crippen LogP contribution in [-0.2, 0) is 4.74 Å². The molecule has 2 unspecified atom stereocenters. The topological polar surface area (TPSA) is 51.8 Å². The summed E-state index contributed by atoms with van der Waals surface area (Å²) in [6.07, 6.45) is 0.0831. The molecule has 1 fully saturated rings. The van der Waals surface area contributed by atoms with Crippen LogP contribution in [0.2, 0.25) is 0 Å². The van der Waals surface area contributed by atoms with Crippen LogP contribution in [0.3, 0.4) is 0 Å². The number of ether oxygens (including phenoxy) is 3. The van der Waals surface area contributed by atoms with Crippen LogP contribution in [0, 0.1) is 0 Å². The number of nitrogens with one attached hydrogen (secondary N) is 2. The molecular weight excluding hydrogens is 244 g/mol. The summed E-state index contributed by atoms with van der Waals surface area (Å²) in [6.45, 7) is 2.46. The zero-order valence-electron chi connectivity index (χ0n) is 11.7. The number of likely N-dealkylation sites (N-methyl/N-ethyl adjacent to an activating group) is 1. The van der Waals surface area contributed by atoms with Gasteiger partial charge in [0.05, 0.1) is 33.0 Å². The summed E-state index contributed by atoms with van der Waals surface area (Å²) in [5.41, 5.74) is 1.05. The highest BCUT2D eigenvalue weighted by molar-refractivity contribution is 5.42. The fraction of sp³-hybridized carbons (Fsp3) is 0.571. The van der Waals surface area contributed by atoms with Crippen molar-refractivity contribution < 1.29 is 14.2 Å². The molecule has 2 N–H and O–H groups in total. The van der Waals surface area contributed by atoms with Crippen molar-refractivity contribution in [3.8, 4) is 11.5 Å². The maximum atomic E-state index is 5.84. The third kappa shape index (κ3) is 3.18. The molecule has 0 radical (unpaired) electrons. The van der Waals surface area contributed by atoms with Gasteiger partial charge in [0.15, 0.2) is 0 Å². The van der Waals surface area contributed by atoms with Crippen molar-refractivity contribution in [1.82, 2.24) is 10.6 Å². The first-order valence-corrected chi connectivity index (χ1v) is 6.51. The van der Waals surface area contributed by atoms with Gasteiger partial charge in [-0.15, -0.1) is 0 Å². The lowest BCUT2D eigenvalue weighted by Crippen LogP contribution is -2.45. The summed E-state index contributed by atoms with van der Waals surface area (Å²) in [4.78, 5) is 0. The molecule has 5 heteroatoms. The van der Waals surface area contributed by atoms with Crippen molar-refractivity contribution >= 4 is 0 Å². The van der Waals surface area contributed by atoms with Crippen molar-refractivity contribution in [2.75, 3.05) is 41.0 Å². The fourth-order valence-corrected chi connectivity index (χ4v) is 2.42. The summed E-state index contributed by atoms with van der Waals surface area (Å²) in [5, 5.41) is 6.66. The van der Waals surface area contributed by atoms with Gasteiger partial charge in [0.25, 0.3) is 0 Å². The van der Waals surface area contributed by atoms with Gasteiger partial charge < -0.3 is 24.8 Å². The minimum absolute atomic E-state index is 0.0675. The Morgan fingerprint density at radius 1 is 1.37 bits per heavy atom. The Morgan fingerprint density at radius 3 is 2.79 bits per heavy atom. The van der Waals surface area contributed by atoms with E-state index in [-0.39, 0.29) is 12.1 Å². The first-order valence-electron chi connectivity index (χ1n) is 6.51. The fourth-order valence-electron chi connectivity index (χ4n) is 2.42. The zero-order valence-corrected chi connectivity index (χ0v) is 11.7. The third-order valence-corrected chi connectivity index (χ3v) is 3.41. The second-order valence-electron chi connectivity index (χ2n) is 4.49. The van der Waals surface area contributed by atoms with Crippen LogP contribution in [0.15, 0.2) is 18.2 Å². The van der Waals surface area contributed by atoms with Gasteiger partial charge in [-0.1, -0.05) is 0 Å². The molecule has 1 aromatic rings. The molecule has 1 aliphatic heterocycles. The molecule has 2 atom stereocenters. The smallest absolute Gasteiger partial charge is 0.124 e. The van der Waals surface area contributed by atoms with E-state index in [1.807, 2.05) is 25.2 Å². The normalized spacial score (nSPS) is 20.9. The van der Waals surface area contributed by atoms with Gasteiger partial charge in [-0.3, -0.25) is 0 Å². The zero-order chi connectivity index (χ0) is 13.7. The molecule has 19 heavy (non-hydrogen) atoms. The lowest BCUT2D eigenvalue weighted by molar-refractivity contribution is 0.00488. The predicted octanol–water partition coefficient (Wildman–Crippen LogP) is 0.953. The Morgan fingerprint density at radius 2 is 2.21 bits per heavy atom. The van der Waals surface area contributed by atoms with Gasteiger partial charge >= 0.3 is 0 Å². The number of morpholine rings is 1. The summed E-state index contributed by atoms with van der Waals surface area (Å²) in [5.74, 6) is 1.66. The number of rotatable bonds is 5. The molecule has 0 aromatic heterocycles. The lowest BCUT2D eigenvalue weighted by Gasteiger charge is -2.32. The van der Waals surface area contributed by atoms with Crippen LogP contribution >= 0.6 is 0 Å². The second kappa shape index (κ2) is 6.75. The quantitative estimate of drug-likeness (QED) is 0.831. The number of hydrogen-bond donors (Lipinski definition) is 2. The third-order valence-electron chi connectivity index (χ3n) is 3.41. The van der Waals surface area contributed by atoms with E-state index in [2.05, 4.69) is 10.6 Å². The maximum absolute atomic E-state index is 5.84. The molecule has 1 aromatic carbocycles. The molecule has 2 rings (SSSR count). The van der Waals surface area contributed by atoms with E-state index in [0.717, 1.165) is 36.8 Å². The van der Waals surface area contributed by atoms with E-state index in [9.17, 15) is 0 Å². The average Bonchev–Trinajstić information content (AvgIpc) is 2.49. The lowest BCUT2D eigenvalue weighted by atomic mass is 9.99. The molecule has 0 aliphatic carbocycles. The SMILES string of the molecule is CNC(c1cc(OC)ccc1OC)C1CNCCO1. The number of benzene rings is 1. The van der Waals surface area contributed by atoms with Gasteiger partial charge in [-0.2, -0.15) is 0 Å². The Kier molecular flexibility index (Phi) is 5.01. The van der Waals surface area contributed by atoms with Gasteiger partial charge in [-0.25, -0.2) is 0 Å². The molecule has 0 spiro atoms. The van der Waals surface area contributed by atoms with E-state index >= 15 is 0 Å². The highest BCUT2D eigenvalue weighted by Gasteiger charge is 2.27. The number of hydrogen-bond acceptors (Lipinski definition) is 5. The van der Waals surface area contributed by atoms with Crippen molar-refractivity contribution in [2.45, 2.75) is 12.1 Å². The van der Waals surface area contributed by atoms with Crippen molar-refractivity contribution in [3.63, 3.8) is 0 Å². The van der Waals surface area contributed by atoms with Gasteiger partial charge in [0.1, 0.15) is 11.5 Å². The highest BCUT2D eigenvalue weighted by Crippen LogP contribution is 2.32. The van der Waals surface area contributed by atoms with Crippen LogP contribution < -0.4 is 20.1 Å². The highest BCUT2D eigenvalue weighted by atomic mass is 16.5. The maximum Gasteiger partial charge on any atom is 0.124 e. The Labute approximate surface area is 114 Å². The van der Waals surface area contributed by atoms with Crippen molar-refractivity contribution in [2.24, 2.45) is 0 Å². The van der Waals surface area contributed by atoms with Crippen molar-refractivity contribution in [1.29, 1.82) is 0 Å². The van der Waals surface area contributed by atoms with Crippen molar-refractivity contribution in [3.05, 3.63) is 23.8 Å². The summed E-state index contributed by atoms with van der Waals surface area (Å²) >= 11 is 0. The van der Waals surface area contributed by atoms with E-state index in [1.54, 1.807) is 14.2 Å². The largest absolute Gasteiger partial charge is 0.497 e. The van der Waals surface area contributed by atoms with E-state index in [1.165, 1.54) is 0 Å². The molecule has 0 bridgehead atoms. The molecule has 0 amide bonds. The molecule has 106 valence electrons. The van der Waals surface area contributed by atoms with Crippen LogP contribution in [0.25, 0.3) is 0 Å². The Bertz CT molecular complexity index is 406. The monoisotopic (exact) mass is 266 g/mol. The minimum Gasteiger partial charge on any atom is -0.497 e. The Balaban J connectivity index is 2.29. The van der Waals surface area contributed by atoms with Crippen LogP contribution in [0.4, 0.5) is 0 Å². The molecular formula is C14H22N2O3. The number of methoxy groups -OCH3 is 2. The van der Waals surface area contributed by atoms with E-state index in [0.29, 0.717) is 0 Å². The molecule has 1 saturated heterocycles.